The van der Waals surface area contributed by atoms with Gasteiger partial charge in [-0.3, -0.25) is 4.79 Å². The molecular formula is C22H20FN3OS. The van der Waals surface area contributed by atoms with Gasteiger partial charge in [-0.2, -0.15) is 0 Å². The molecule has 0 atom stereocenters. The highest BCUT2D eigenvalue weighted by atomic mass is 32.1. The average molecular weight is 393 g/mol. The van der Waals surface area contributed by atoms with Gasteiger partial charge < -0.3 is 16.0 Å². The summed E-state index contributed by atoms with van der Waals surface area (Å²) in [5, 5.41) is 9.46. The molecule has 0 aliphatic carbocycles. The summed E-state index contributed by atoms with van der Waals surface area (Å²) in [4.78, 5) is 12.1. The first-order chi connectivity index (χ1) is 13.6. The van der Waals surface area contributed by atoms with E-state index >= 15 is 0 Å². The number of anilines is 2. The molecule has 0 aliphatic rings. The van der Waals surface area contributed by atoms with E-state index in [0.29, 0.717) is 10.8 Å². The molecule has 0 saturated heterocycles. The Kier molecular flexibility index (Phi) is 6.70. The zero-order valence-electron chi connectivity index (χ0n) is 15.1. The topological polar surface area (TPSA) is 53.2 Å². The summed E-state index contributed by atoms with van der Waals surface area (Å²) in [5.74, 6) is -1.04. The van der Waals surface area contributed by atoms with Gasteiger partial charge in [0.15, 0.2) is 5.11 Å². The maximum absolute atomic E-state index is 13.7. The van der Waals surface area contributed by atoms with Crippen LogP contribution in [0.3, 0.4) is 0 Å². The van der Waals surface area contributed by atoms with E-state index in [2.05, 4.69) is 28.1 Å². The number of halogens is 1. The molecule has 0 unspecified atom stereocenters. The lowest BCUT2D eigenvalue weighted by Gasteiger charge is -2.11. The van der Waals surface area contributed by atoms with Crippen LogP contribution in [0.25, 0.3) is 0 Å². The molecule has 0 aliphatic heterocycles. The minimum atomic E-state index is -0.551. The van der Waals surface area contributed by atoms with Gasteiger partial charge >= 0.3 is 0 Å². The van der Waals surface area contributed by atoms with Gasteiger partial charge in [-0.05, 0) is 60.6 Å². The molecule has 3 rings (SSSR count). The van der Waals surface area contributed by atoms with Gasteiger partial charge in [0.05, 0.1) is 5.56 Å². The molecular weight excluding hydrogens is 373 g/mol. The Morgan fingerprint density at radius 3 is 2.11 bits per heavy atom. The van der Waals surface area contributed by atoms with E-state index < -0.39 is 11.7 Å². The van der Waals surface area contributed by atoms with Crippen LogP contribution in [-0.4, -0.2) is 17.6 Å². The molecule has 3 aromatic carbocycles. The van der Waals surface area contributed by atoms with Gasteiger partial charge in [-0.15, -0.1) is 0 Å². The standard InChI is InChI=1S/C22H20FN3OS/c23-20-9-5-4-8-19(20)21(27)25-17-10-12-18(13-11-17)26-22(28)24-15-14-16-6-2-1-3-7-16/h1-13H,14-15H2,(H,25,27)(H2,24,26,28). The molecule has 3 N–H and O–H groups in total. The third-order valence-electron chi connectivity index (χ3n) is 4.06. The number of rotatable bonds is 6. The van der Waals surface area contributed by atoms with Crippen LogP contribution < -0.4 is 16.0 Å². The lowest BCUT2D eigenvalue weighted by molar-refractivity contribution is 0.102. The minimum absolute atomic E-state index is 0.00787. The summed E-state index contributed by atoms with van der Waals surface area (Å²) in [7, 11) is 0. The smallest absolute Gasteiger partial charge is 0.258 e. The molecule has 0 heterocycles. The Balaban J connectivity index is 1.48. The number of hydrogen-bond donors (Lipinski definition) is 3. The zero-order valence-corrected chi connectivity index (χ0v) is 15.9. The average Bonchev–Trinajstić information content (AvgIpc) is 2.70. The van der Waals surface area contributed by atoms with Crippen LogP contribution in [0.5, 0.6) is 0 Å². The van der Waals surface area contributed by atoms with Crippen LogP contribution in [0.1, 0.15) is 15.9 Å². The second-order valence-electron chi connectivity index (χ2n) is 6.13. The molecule has 4 nitrogen and oxygen atoms in total. The fourth-order valence-corrected chi connectivity index (χ4v) is 2.84. The first-order valence-corrected chi connectivity index (χ1v) is 9.27. The van der Waals surface area contributed by atoms with Crippen molar-refractivity contribution in [2.75, 3.05) is 17.2 Å². The molecule has 28 heavy (non-hydrogen) atoms. The molecule has 1 amide bonds. The predicted molar refractivity (Wildman–Crippen MR) is 115 cm³/mol. The number of amides is 1. The molecule has 0 aromatic heterocycles. The van der Waals surface area contributed by atoms with E-state index in [1.165, 1.54) is 17.7 Å². The van der Waals surface area contributed by atoms with E-state index in [4.69, 9.17) is 12.2 Å². The summed E-state index contributed by atoms with van der Waals surface area (Å²) in [6, 6.07) is 23.1. The van der Waals surface area contributed by atoms with Crippen LogP contribution in [0.15, 0.2) is 78.9 Å². The normalized spacial score (nSPS) is 10.2. The second-order valence-corrected chi connectivity index (χ2v) is 6.54. The summed E-state index contributed by atoms with van der Waals surface area (Å²) < 4.78 is 13.7. The van der Waals surface area contributed by atoms with E-state index in [0.717, 1.165) is 18.7 Å². The van der Waals surface area contributed by atoms with Crippen molar-refractivity contribution in [1.82, 2.24) is 5.32 Å². The summed E-state index contributed by atoms with van der Waals surface area (Å²) >= 11 is 5.30. The zero-order chi connectivity index (χ0) is 19.8. The molecule has 0 fully saturated rings. The fourth-order valence-electron chi connectivity index (χ4n) is 2.62. The van der Waals surface area contributed by atoms with Crippen molar-refractivity contribution >= 4 is 34.6 Å². The monoisotopic (exact) mass is 393 g/mol. The van der Waals surface area contributed by atoms with E-state index in [1.54, 1.807) is 36.4 Å². The van der Waals surface area contributed by atoms with E-state index in [1.807, 2.05) is 18.2 Å². The highest BCUT2D eigenvalue weighted by Crippen LogP contribution is 2.15. The molecule has 0 radical (unpaired) electrons. The number of carbonyl (C=O) groups excluding carboxylic acids is 1. The van der Waals surface area contributed by atoms with Crippen molar-refractivity contribution in [2.24, 2.45) is 0 Å². The van der Waals surface area contributed by atoms with E-state index in [9.17, 15) is 9.18 Å². The van der Waals surface area contributed by atoms with Gasteiger partial charge in [0.2, 0.25) is 0 Å². The first-order valence-electron chi connectivity index (χ1n) is 8.86. The van der Waals surface area contributed by atoms with Crippen molar-refractivity contribution in [3.8, 4) is 0 Å². The SMILES string of the molecule is O=C(Nc1ccc(NC(=S)NCCc2ccccc2)cc1)c1ccccc1F. The molecule has 0 saturated carbocycles. The van der Waals surface area contributed by atoms with Crippen molar-refractivity contribution in [2.45, 2.75) is 6.42 Å². The summed E-state index contributed by atoms with van der Waals surface area (Å²) in [6.07, 6.45) is 0.879. The van der Waals surface area contributed by atoms with Gasteiger partial charge in [-0.1, -0.05) is 42.5 Å². The predicted octanol–water partition coefficient (Wildman–Crippen LogP) is 4.61. The van der Waals surface area contributed by atoms with Crippen molar-refractivity contribution in [3.63, 3.8) is 0 Å². The first kappa shape index (κ1) is 19.5. The maximum atomic E-state index is 13.7. The minimum Gasteiger partial charge on any atom is -0.362 e. The van der Waals surface area contributed by atoms with E-state index in [-0.39, 0.29) is 5.56 Å². The number of benzene rings is 3. The third kappa shape index (κ3) is 5.62. The van der Waals surface area contributed by atoms with Crippen LogP contribution >= 0.6 is 12.2 Å². The molecule has 0 spiro atoms. The van der Waals surface area contributed by atoms with Crippen LogP contribution in [0.2, 0.25) is 0 Å². The number of thiocarbonyl (C=S) groups is 1. The Bertz CT molecular complexity index is 946. The van der Waals surface area contributed by atoms with Crippen molar-refractivity contribution in [1.29, 1.82) is 0 Å². The number of carbonyl (C=O) groups is 1. The van der Waals surface area contributed by atoms with Gasteiger partial charge in [-0.25, -0.2) is 4.39 Å². The van der Waals surface area contributed by atoms with Gasteiger partial charge in [0, 0.05) is 17.9 Å². The summed E-state index contributed by atoms with van der Waals surface area (Å²) in [6.45, 7) is 0.729. The summed E-state index contributed by atoms with van der Waals surface area (Å²) in [5.41, 5.74) is 2.61. The number of nitrogens with one attached hydrogen (secondary N) is 3. The third-order valence-corrected chi connectivity index (χ3v) is 4.31. The van der Waals surface area contributed by atoms with Crippen molar-refractivity contribution < 1.29 is 9.18 Å². The Morgan fingerprint density at radius 2 is 1.43 bits per heavy atom. The van der Waals surface area contributed by atoms with Crippen LogP contribution in [-0.2, 0) is 6.42 Å². The van der Waals surface area contributed by atoms with Crippen molar-refractivity contribution in [3.05, 3.63) is 95.8 Å². The molecule has 3 aromatic rings. The van der Waals surface area contributed by atoms with Gasteiger partial charge in [0.25, 0.3) is 5.91 Å². The molecule has 0 bridgehead atoms. The second kappa shape index (κ2) is 9.62. The highest BCUT2D eigenvalue weighted by Gasteiger charge is 2.10. The highest BCUT2D eigenvalue weighted by molar-refractivity contribution is 7.80. The Morgan fingerprint density at radius 1 is 0.821 bits per heavy atom. The lowest BCUT2D eigenvalue weighted by Crippen LogP contribution is -2.30. The molecule has 6 heteroatoms. The van der Waals surface area contributed by atoms with Gasteiger partial charge in [0.1, 0.15) is 5.82 Å². The Hall–Kier alpha value is -3.25. The van der Waals surface area contributed by atoms with Crippen LogP contribution in [0.4, 0.5) is 15.8 Å². The molecule has 142 valence electrons. The fraction of sp³-hybridized carbons (Fsp3) is 0.0909. The largest absolute Gasteiger partial charge is 0.362 e. The lowest BCUT2D eigenvalue weighted by atomic mass is 10.1. The Labute approximate surface area is 168 Å². The quantitative estimate of drug-likeness (QED) is 0.536. The number of hydrogen-bond acceptors (Lipinski definition) is 2. The van der Waals surface area contributed by atoms with Crippen LogP contribution in [0, 0.1) is 5.82 Å². The maximum Gasteiger partial charge on any atom is 0.258 e.